The molecule has 2 aromatic heterocycles. The maximum atomic E-state index is 6.14. The fraction of sp³-hybridized carbons (Fsp3) is 0.385. The number of hydrogen-bond acceptors (Lipinski definition) is 4. The van der Waals surface area contributed by atoms with Crippen molar-refractivity contribution in [1.29, 1.82) is 0 Å². The van der Waals surface area contributed by atoms with Crippen LogP contribution in [0.15, 0.2) is 24.7 Å². The molecule has 0 amide bonds. The Kier molecular flexibility index (Phi) is 4.52. The summed E-state index contributed by atoms with van der Waals surface area (Å²) in [5, 5.41) is 5.09. The summed E-state index contributed by atoms with van der Waals surface area (Å²) < 4.78 is 1.81. The second kappa shape index (κ2) is 6.14. The van der Waals surface area contributed by atoms with Crippen molar-refractivity contribution < 1.29 is 0 Å². The molecule has 0 spiro atoms. The van der Waals surface area contributed by atoms with Crippen LogP contribution >= 0.6 is 11.6 Å². The number of hydrazine groups is 1. The van der Waals surface area contributed by atoms with E-state index in [1.807, 2.05) is 24.0 Å². The van der Waals surface area contributed by atoms with Crippen molar-refractivity contribution in [2.75, 3.05) is 0 Å². The normalized spacial score (nSPS) is 12.6. The first-order valence-electron chi connectivity index (χ1n) is 6.22. The van der Waals surface area contributed by atoms with Crippen LogP contribution in [0.2, 0.25) is 5.02 Å². The molecule has 0 aliphatic rings. The number of nitrogens with zero attached hydrogens (tertiary/aromatic N) is 3. The number of aromatic nitrogens is 3. The molecule has 2 aromatic rings. The fourth-order valence-corrected chi connectivity index (χ4v) is 2.36. The Hall–Kier alpha value is -1.43. The number of nitrogens with two attached hydrogens (primary N) is 1. The summed E-state index contributed by atoms with van der Waals surface area (Å²) in [5.41, 5.74) is 6.03. The number of aryl methyl sites for hydroxylation is 2. The zero-order chi connectivity index (χ0) is 13.8. The minimum Gasteiger partial charge on any atom is -0.275 e. The summed E-state index contributed by atoms with van der Waals surface area (Å²) in [6.45, 7) is 2.08. The Morgan fingerprint density at radius 1 is 1.53 bits per heavy atom. The number of pyridine rings is 1. The van der Waals surface area contributed by atoms with Gasteiger partial charge in [-0.1, -0.05) is 18.5 Å². The van der Waals surface area contributed by atoms with Gasteiger partial charge in [0.2, 0.25) is 0 Å². The molecule has 0 saturated carbocycles. The Morgan fingerprint density at radius 2 is 2.32 bits per heavy atom. The van der Waals surface area contributed by atoms with E-state index in [0.29, 0.717) is 11.4 Å². The molecule has 2 rings (SSSR count). The molecule has 0 bridgehead atoms. The molecule has 0 radical (unpaired) electrons. The van der Waals surface area contributed by atoms with Crippen LogP contribution in [0.5, 0.6) is 0 Å². The molecular formula is C13H18ClN5. The van der Waals surface area contributed by atoms with E-state index in [-0.39, 0.29) is 6.04 Å². The van der Waals surface area contributed by atoms with Crippen LogP contribution < -0.4 is 11.3 Å². The molecule has 1 unspecified atom stereocenters. The van der Waals surface area contributed by atoms with E-state index in [1.165, 1.54) is 0 Å². The van der Waals surface area contributed by atoms with Gasteiger partial charge in [-0.3, -0.25) is 20.9 Å². The average molecular weight is 280 g/mol. The second-order valence-corrected chi connectivity index (χ2v) is 4.86. The largest absolute Gasteiger partial charge is 0.275 e. The van der Waals surface area contributed by atoms with E-state index in [9.17, 15) is 0 Å². The lowest BCUT2D eigenvalue weighted by molar-refractivity contribution is 0.547. The average Bonchev–Trinajstić information content (AvgIpc) is 2.79. The maximum absolute atomic E-state index is 6.14. The zero-order valence-electron chi connectivity index (χ0n) is 11.1. The molecule has 1 atom stereocenters. The van der Waals surface area contributed by atoms with Crippen molar-refractivity contribution in [3.05, 3.63) is 46.5 Å². The van der Waals surface area contributed by atoms with Gasteiger partial charge in [0.15, 0.2) is 0 Å². The Bertz CT molecular complexity index is 552. The van der Waals surface area contributed by atoms with Gasteiger partial charge in [0.1, 0.15) is 0 Å². The molecule has 2 heterocycles. The molecule has 6 heteroatoms. The molecule has 3 N–H and O–H groups in total. The third kappa shape index (κ3) is 3.12. The molecular weight excluding hydrogens is 262 g/mol. The monoisotopic (exact) mass is 279 g/mol. The van der Waals surface area contributed by atoms with Gasteiger partial charge in [-0.05, 0) is 24.5 Å². The van der Waals surface area contributed by atoms with E-state index in [2.05, 4.69) is 22.4 Å². The maximum Gasteiger partial charge on any atom is 0.0670 e. The van der Waals surface area contributed by atoms with Gasteiger partial charge < -0.3 is 0 Å². The topological polar surface area (TPSA) is 68.8 Å². The highest BCUT2D eigenvalue weighted by molar-refractivity contribution is 6.31. The second-order valence-electron chi connectivity index (χ2n) is 4.45. The first kappa shape index (κ1) is 14.0. The van der Waals surface area contributed by atoms with Crippen LogP contribution in [-0.4, -0.2) is 14.8 Å². The lowest BCUT2D eigenvalue weighted by Crippen LogP contribution is -2.30. The molecule has 0 aliphatic heterocycles. The van der Waals surface area contributed by atoms with E-state index in [0.717, 1.165) is 23.2 Å². The summed E-state index contributed by atoms with van der Waals surface area (Å²) in [6.07, 6.45) is 6.96. The van der Waals surface area contributed by atoms with E-state index in [4.69, 9.17) is 17.4 Å². The highest BCUT2D eigenvalue weighted by Gasteiger charge is 2.18. The Morgan fingerprint density at radius 3 is 2.95 bits per heavy atom. The van der Waals surface area contributed by atoms with Crippen LogP contribution in [0.1, 0.15) is 29.8 Å². The number of rotatable bonds is 5. The van der Waals surface area contributed by atoms with Crippen LogP contribution in [0.25, 0.3) is 0 Å². The Labute approximate surface area is 117 Å². The van der Waals surface area contributed by atoms with Crippen molar-refractivity contribution in [3.8, 4) is 0 Å². The Balaban J connectivity index is 2.27. The quantitative estimate of drug-likeness (QED) is 0.647. The van der Waals surface area contributed by atoms with Crippen molar-refractivity contribution in [3.63, 3.8) is 0 Å². The highest BCUT2D eigenvalue weighted by Crippen LogP contribution is 2.24. The van der Waals surface area contributed by atoms with Gasteiger partial charge in [-0.2, -0.15) is 5.10 Å². The predicted octanol–water partition coefficient (Wildman–Crippen LogP) is 1.78. The molecule has 19 heavy (non-hydrogen) atoms. The van der Waals surface area contributed by atoms with Gasteiger partial charge >= 0.3 is 0 Å². The van der Waals surface area contributed by atoms with Crippen molar-refractivity contribution in [2.45, 2.75) is 25.8 Å². The fourth-order valence-electron chi connectivity index (χ4n) is 2.17. The molecule has 0 saturated heterocycles. The minimum atomic E-state index is -0.0106. The standard InChI is InChI=1S/C13H18ClN5/c1-3-12-10(8-19(2)18-12)13(17-15)6-9-4-5-16-7-11(9)14/h4-5,7-8,13,17H,3,6,15H2,1-2H3. The van der Waals surface area contributed by atoms with Crippen molar-refractivity contribution in [1.82, 2.24) is 20.2 Å². The predicted molar refractivity (Wildman–Crippen MR) is 75.6 cm³/mol. The van der Waals surface area contributed by atoms with Crippen LogP contribution in [0.3, 0.4) is 0 Å². The van der Waals surface area contributed by atoms with Crippen LogP contribution in [0, 0.1) is 0 Å². The number of nitrogens with one attached hydrogen (secondary N) is 1. The number of hydrogen-bond donors (Lipinski definition) is 2. The van der Waals surface area contributed by atoms with Gasteiger partial charge in [-0.15, -0.1) is 0 Å². The molecule has 102 valence electrons. The van der Waals surface area contributed by atoms with Crippen LogP contribution in [-0.2, 0) is 19.9 Å². The van der Waals surface area contributed by atoms with Gasteiger partial charge in [0.05, 0.1) is 16.8 Å². The highest BCUT2D eigenvalue weighted by atomic mass is 35.5. The third-order valence-corrected chi connectivity index (χ3v) is 3.47. The van der Waals surface area contributed by atoms with Crippen molar-refractivity contribution in [2.24, 2.45) is 12.9 Å². The third-order valence-electron chi connectivity index (χ3n) is 3.13. The summed E-state index contributed by atoms with van der Waals surface area (Å²) in [6, 6.07) is 1.90. The molecule has 0 aromatic carbocycles. The van der Waals surface area contributed by atoms with E-state index < -0.39 is 0 Å². The molecule has 0 fully saturated rings. The lowest BCUT2D eigenvalue weighted by atomic mass is 10.00. The first-order chi connectivity index (χ1) is 9.15. The van der Waals surface area contributed by atoms with Gasteiger partial charge in [-0.25, -0.2) is 0 Å². The minimum absolute atomic E-state index is 0.0106. The van der Waals surface area contributed by atoms with Gasteiger partial charge in [0.25, 0.3) is 0 Å². The summed E-state index contributed by atoms with van der Waals surface area (Å²) in [4.78, 5) is 3.99. The van der Waals surface area contributed by atoms with Gasteiger partial charge in [0, 0.05) is 31.2 Å². The SMILES string of the molecule is CCc1nn(C)cc1C(Cc1ccncc1Cl)NN. The lowest BCUT2D eigenvalue weighted by Gasteiger charge is -2.16. The summed E-state index contributed by atoms with van der Waals surface area (Å²) >= 11 is 6.14. The van der Waals surface area contributed by atoms with E-state index in [1.54, 1.807) is 12.4 Å². The zero-order valence-corrected chi connectivity index (χ0v) is 11.9. The molecule has 0 aliphatic carbocycles. The van der Waals surface area contributed by atoms with E-state index >= 15 is 0 Å². The number of halogens is 1. The smallest absolute Gasteiger partial charge is 0.0670 e. The first-order valence-corrected chi connectivity index (χ1v) is 6.60. The van der Waals surface area contributed by atoms with Crippen molar-refractivity contribution >= 4 is 11.6 Å². The summed E-state index contributed by atoms with van der Waals surface area (Å²) in [5.74, 6) is 5.69. The summed E-state index contributed by atoms with van der Waals surface area (Å²) in [7, 11) is 1.91. The van der Waals surface area contributed by atoms with Crippen LogP contribution in [0.4, 0.5) is 0 Å². The molecule has 5 nitrogen and oxygen atoms in total.